The number of hydrogen-bond acceptors (Lipinski definition) is 4. The van der Waals surface area contributed by atoms with Gasteiger partial charge in [-0.05, 0) is 52.8 Å². The summed E-state index contributed by atoms with van der Waals surface area (Å²) >= 11 is 16.8. The lowest BCUT2D eigenvalue weighted by Gasteiger charge is -2.10. The average molecular weight is 515 g/mol. The van der Waals surface area contributed by atoms with Gasteiger partial charge in [-0.2, -0.15) is 0 Å². The number of hydrazine groups is 1. The Morgan fingerprint density at radius 3 is 2.41 bits per heavy atom. The topological polar surface area (TPSA) is 99.3 Å². The van der Waals surface area contributed by atoms with E-state index in [0.717, 1.165) is 16.3 Å². The second-order valence-electron chi connectivity index (χ2n) is 7.07. The van der Waals surface area contributed by atoms with Crippen LogP contribution in [0.1, 0.15) is 18.4 Å². The van der Waals surface area contributed by atoms with Crippen molar-refractivity contribution in [2.45, 2.75) is 12.8 Å². The highest BCUT2D eigenvalue weighted by Gasteiger charge is 2.10. The van der Waals surface area contributed by atoms with Gasteiger partial charge >= 0.3 is 0 Å². The first kappa shape index (κ1) is 25.2. The molecule has 0 aliphatic carbocycles. The van der Waals surface area contributed by atoms with E-state index < -0.39 is 17.7 Å². The number of anilines is 1. The second kappa shape index (κ2) is 12.1. The van der Waals surface area contributed by atoms with Crippen molar-refractivity contribution in [3.8, 4) is 0 Å². The molecule has 3 amide bonds. The van der Waals surface area contributed by atoms with Crippen LogP contribution in [0.15, 0.2) is 66.7 Å². The highest BCUT2D eigenvalue weighted by atomic mass is 35.5. The minimum atomic E-state index is -0.486. The van der Waals surface area contributed by atoms with Crippen LogP contribution in [0.3, 0.4) is 0 Å². The summed E-state index contributed by atoms with van der Waals surface area (Å²) in [5.74, 6) is -1.34. The molecule has 0 bridgehead atoms. The first-order chi connectivity index (χ1) is 16.3. The predicted octanol–water partition coefficient (Wildman–Crippen LogP) is 4.60. The molecular formula is C24H20Cl2N4O3S. The number of thiocarbonyl (C=S) groups is 1. The molecule has 0 fully saturated rings. The van der Waals surface area contributed by atoms with Gasteiger partial charge in [0.15, 0.2) is 5.11 Å². The van der Waals surface area contributed by atoms with Crippen molar-refractivity contribution < 1.29 is 14.4 Å². The van der Waals surface area contributed by atoms with Gasteiger partial charge in [-0.15, -0.1) is 0 Å². The molecule has 0 radical (unpaired) electrons. The number of halogens is 2. The Morgan fingerprint density at radius 1 is 0.882 bits per heavy atom. The molecule has 7 nitrogen and oxygen atoms in total. The summed E-state index contributed by atoms with van der Waals surface area (Å²) in [6.45, 7) is 0. The molecule has 3 aromatic carbocycles. The van der Waals surface area contributed by atoms with Gasteiger partial charge in [0.2, 0.25) is 17.7 Å². The lowest BCUT2D eigenvalue weighted by atomic mass is 10.0. The first-order valence-electron chi connectivity index (χ1n) is 10.1. The van der Waals surface area contributed by atoms with E-state index >= 15 is 0 Å². The lowest BCUT2D eigenvalue weighted by molar-refractivity contribution is -0.124. The summed E-state index contributed by atoms with van der Waals surface area (Å²) in [5, 5.41) is 7.78. The number of fused-ring (bicyclic) bond motifs is 1. The Hall–Kier alpha value is -3.46. The van der Waals surface area contributed by atoms with Crippen LogP contribution in [0.25, 0.3) is 16.8 Å². The van der Waals surface area contributed by atoms with E-state index in [1.54, 1.807) is 18.2 Å². The third kappa shape index (κ3) is 7.55. The maximum Gasteiger partial charge on any atom is 0.250 e. The minimum absolute atomic E-state index is 0.0840. The van der Waals surface area contributed by atoms with Gasteiger partial charge in [0.1, 0.15) is 0 Å². The summed E-state index contributed by atoms with van der Waals surface area (Å²) in [6.07, 6.45) is 2.84. The molecule has 10 heteroatoms. The lowest BCUT2D eigenvalue weighted by Crippen LogP contribution is -2.48. The molecule has 0 atom stereocenters. The Bertz CT molecular complexity index is 1270. The number of rotatable bonds is 6. The molecule has 0 aliphatic rings. The van der Waals surface area contributed by atoms with Gasteiger partial charge in [0, 0.05) is 23.9 Å². The van der Waals surface area contributed by atoms with Crippen LogP contribution in [0.2, 0.25) is 10.0 Å². The highest BCUT2D eigenvalue weighted by molar-refractivity contribution is 7.80. The monoisotopic (exact) mass is 514 g/mol. The van der Waals surface area contributed by atoms with E-state index in [9.17, 15) is 14.4 Å². The fraction of sp³-hybridized carbons (Fsp3) is 0.0833. The predicted molar refractivity (Wildman–Crippen MR) is 139 cm³/mol. The van der Waals surface area contributed by atoms with E-state index in [1.165, 1.54) is 12.1 Å². The van der Waals surface area contributed by atoms with Crippen molar-refractivity contribution in [1.82, 2.24) is 16.2 Å². The normalized spacial score (nSPS) is 10.6. The summed E-state index contributed by atoms with van der Waals surface area (Å²) < 4.78 is 0. The minimum Gasteiger partial charge on any atom is -0.325 e. The van der Waals surface area contributed by atoms with Crippen molar-refractivity contribution in [3.63, 3.8) is 0 Å². The largest absolute Gasteiger partial charge is 0.325 e. The first-order valence-corrected chi connectivity index (χ1v) is 11.3. The summed E-state index contributed by atoms with van der Waals surface area (Å²) in [5.41, 5.74) is 6.05. The molecule has 0 heterocycles. The zero-order valence-corrected chi connectivity index (χ0v) is 20.1. The van der Waals surface area contributed by atoms with Crippen LogP contribution in [-0.2, 0) is 14.4 Å². The molecule has 4 N–H and O–H groups in total. The van der Waals surface area contributed by atoms with E-state index in [2.05, 4.69) is 21.5 Å². The van der Waals surface area contributed by atoms with Crippen LogP contribution in [0, 0.1) is 0 Å². The van der Waals surface area contributed by atoms with Crippen molar-refractivity contribution >= 4 is 80.8 Å². The molecule has 3 aromatic rings. The number of hydrogen-bond donors (Lipinski definition) is 4. The van der Waals surface area contributed by atoms with E-state index in [0.29, 0.717) is 15.7 Å². The van der Waals surface area contributed by atoms with Gasteiger partial charge in [-0.1, -0.05) is 65.7 Å². The van der Waals surface area contributed by atoms with Gasteiger partial charge in [-0.25, -0.2) is 0 Å². The van der Waals surface area contributed by atoms with Gasteiger partial charge in [0.05, 0.1) is 10.7 Å². The fourth-order valence-electron chi connectivity index (χ4n) is 2.97. The van der Waals surface area contributed by atoms with E-state index in [4.69, 9.17) is 35.4 Å². The number of carbonyl (C=O) groups excluding carboxylic acids is 3. The maximum atomic E-state index is 12.1. The highest BCUT2D eigenvalue weighted by Crippen LogP contribution is 2.25. The van der Waals surface area contributed by atoms with Gasteiger partial charge in [0.25, 0.3) is 0 Å². The smallest absolute Gasteiger partial charge is 0.250 e. The SMILES string of the molecule is O=C(/C=C/c1cccc2ccccc12)NC(=S)NNC(=O)CCC(=O)Nc1ccc(Cl)cc1Cl. The van der Waals surface area contributed by atoms with E-state index in [-0.39, 0.29) is 18.0 Å². The molecule has 174 valence electrons. The van der Waals surface area contributed by atoms with Crippen molar-refractivity contribution in [3.05, 3.63) is 82.3 Å². The zero-order chi connectivity index (χ0) is 24.5. The Balaban J connectivity index is 1.40. The molecule has 0 spiro atoms. The Morgan fingerprint density at radius 2 is 1.62 bits per heavy atom. The maximum absolute atomic E-state index is 12.1. The molecule has 0 saturated heterocycles. The number of nitrogens with one attached hydrogen (secondary N) is 4. The molecule has 0 aromatic heterocycles. The second-order valence-corrected chi connectivity index (χ2v) is 8.32. The fourth-order valence-corrected chi connectivity index (χ4v) is 3.57. The van der Waals surface area contributed by atoms with Crippen LogP contribution in [-0.4, -0.2) is 22.8 Å². The van der Waals surface area contributed by atoms with Crippen molar-refractivity contribution in [2.24, 2.45) is 0 Å². The van der Waals surface area contributed by atoms with Crippen LogP contribution >= 0.6 is 35.4 Å². The van der Waals surface area contributed by atoms with E-state index in [1.807, 2.05) is 42.5 Å². The van der Waals surface area contributed by atoms with Crippen LogP contribution in [0.5, 0.6) is 0 Å². The molecule has 0 unspecified atom stereocenters. The quantitative estimate of drug-likeness (QED) is 0.219. The molecular weight excluding hydrogens is 495 g/mol. The van der Waals surface area contributed by atoms with Crippen molar-refractivity contribution in [1.29, 1.82) is 0 Å². The Labute approximate surface area is 211 Å². The van der Waals surface area contributed by atoms with Gasteiger partial charge in [-0.3, -0.25) is 30.6 Å². The Kier molecular flexibility index (Phi) is 8.98. The van der Waals surface area contributed by atoms with Gasteiger partial charge < -0.3 is 5.32 Å². The standard InChI is InChI=1S/C24H20Cl2N4O3S/c25-17-9-10-20(19(26)14-17)27-21(31)12-13-23(33)29-30-24(34)28-22(32)11-8-16-6-3-5-15-4-1-2-7-18(15)16/h1-11,14H,12-13H2,(H,27,31)(H,29,33)(H2,28,30,32,34)/b11-8+. The van der Waals surface area contributed by atoms with Crippen LogP contribution < -0.4 is 21.5 Å². The van der Waals surface area contributed by atoms with Crippen molar-refractivity contribution in [2.75, 3.05) is 5.32 Å². The third-order valence-electron chi connectivity index (χ3n) is 4.57. The average Bonchev–Trinajstić information content (AvgIpc) is 2.82. The van der Waals surface area contributed by atoms with Crippen LogP contribution in [0.4, 0.5) is 5.69 Å². The molecule has 0 aliphatic heterocycles. The third-order valence-corrected chi connectivity index (χ3v) is 5.33. The number of benzene rings is 3. The summed E-state index contributed by atoms with van der Waals surface area (Å²) in [6, 6.07) is 18.3. The zero-order valence-electron chi connectivity index (χ0n) is 17.7. The molecule has 0 saturated carbocycles. The molecule has 3 rings (SSSR count). The summed E-state index contributed by atoms with van der Waals surface area (Å²) in [7, 11) is 0. The summed E-state index contributed by atoms with van der Waals surface area (Å²) in [4.78, 5) is 36.1. The molecule has 34 heavy (non-hydrogen) atoms. The number of carbonyl (C=O) groups is 3. The number of amides is 3.